The summed E-state index contributed by atoms with van der Waals surface area (Å²) in [5.41, 5.74) is 4.91. The molecule has 0 saturated carbocycles. The number of nitrogens with zero attached hydrogens (tertiary/aromatic N) is 6. The lowest BCUT2D eigenvalue weighted by atomic mass is 10.3. The van der Waals surface area contributed by atoms with Crippen LogP contribution >= 0.6 is 11.6 Å². The molecule has 0 aliphatic heterocycles. The monoisotopic (exact) mass is 284 g/mol. The highest BCUT2D eigenvalue weighted by Gasteiger charge is 2.12. The van der Waals surface area contributed by atoms with Crippen LogP contribution in [-0.2, 0) is 4.79 Å². The molecule has 0 bridgehead atoms. The Morgan fingerprint density at radius 3 is 2.95 bits per heavy atom. The normalized spacial score (nSPS) is 12.1. The van der Waals surface area contributed by atoms with Gasteiger partial charge < -0.3 is 16.2 Å². The third kappa shape index (κ3) is 3.33. The Morgan fingerprint density at radius 2 is 2.32 bits per heavy atom. The Labute approximate surface area is 111 Å². The molecule has 0 radical (unpaired) electrons. The van der Waals surface area contributed by atoms with Gasteiger partial charge in [-0.3, -0.25) is 4.79 Å². The fraction of sp³-hybridized carbons (Fsp3) is 0.250. The highest BCUT2D eigenvalue weighted by atomic mass is 35.5. The van der Waals surface area contributed by atoms with Gasteiger partial charge in [-0.15, -0.1) is 0 Å². The standard InChI is InChI=1S/C8H9ClN8O2/c9-6-14-7(12-1-4(18)5(10)19)16-8(15-6)17-3-11-2-13-17/h2-4,18H,1H2,(H2,10,19)(H,12,14,15,16). The van der Waals surface area contributed by atoms with Crippen molar-refractivity contribution in [3.05, 3.63) is 17.9 Å². The smallest absolute Gasteiger partial charge is 0.258 e. The Hall–Kier alpha value is -2.33. The maximum Gasteiger partial charge on any atom is 0.258 e. The first-order valence-electron chi connectivity index (χ1n) is 5.04. The lowest BCUT2D eigenvalue weighted by Crippen LogP contribution is -2.34. The second kappa shape index (κ2) is 5.54. The molecule has 10 nitrogen and oxygen atoms in total. The van der Waals surface area contributed by atoms with E-state index in [9.17, 15) is 9.90 Å². The zero-order valence-corrected chi connectivity index (χ0v) is 10.2. The zero-order valence-electron chi connectivity index (χ0n) is 9.43. The van der Waals surface area contributed by atoms with Gasteiger partial charge in [0.2, 0.25) is 17.1 Å². The van der Waals surface area contributed by atoms with Crippen LogP contribution in [0.1, 0.15) is 0 Å². The van der Waals surface area contributed by atoms with Crippen LogP contribution in [-0.4, -0.2) is 53.4 Å². The average molecular weight is 285 g/mol. The number of amides is 1. The summed E-state index contributed by atoms with van der Waals surface area (Å²) in [6, 6.07) is 0. The number of nitrogens with two attached hydrogens (primary N) is 1. The molecule has 100 valence electrons. The lowest BCUT2D eigenvalue weighted by Gasteiger charge is -2.08. The summed E-state index contributed by atoms with van der Waals surface area (Å²) in [5.74, 6) is -0.636. The number of carbonyl (C=O) groups excluding carboxylic acids is 1. The number of carbonyl (C=O) groups is 1. The number of rotatable bonds is 5. The molecular formula is C8H9ClN8O2. The van der Waals surface area contributed by atoms with Crippen molar-refractivity contribution in [1.82, 2.24) is 29.7 Å². The van der Waals surface area contributed by atoms with E-state index in [0.717, 1.165) is 0 Å². The second-order valence-corrected chi connectivity index (χ2v) is 3.71. The van der Waals surface area contributed by atoms with Crippen molar-refractivity contribution in [2.75, 3.05) is 11.9 Å². The predicted molar refractivity (Wildman–Crippen MR) is 63.4 cm³/mol. The minimum absolute atomic E-state index is 0.0726. The molecule has 0 spiro atoms. The summed E-state index contributed by atoms with van der Waals surface area (Å²) in [6.07, 6.45) is 1.33. The fourth-order valence-electron chi connectivity index (χ4n) is 1.12. The molecule has 1 amide bonds. The van der Waals surface area contributed by atoms with E-state index in [1.807, 2.05) is 0 Å². The van der Waals surface area contributed by atoms with Gasteiger partial charge in [-0.05, 0) is 11.6 Å². The van der Waals surface area contributed by atoms with Crippen LogP contribution in [0.2, 0.25) is 5.28 Å². The molecule has 2 aromatic heterocycles. The van der Waals surface area contributed by atoms with E-state index in [4.69, 9.17) is 17.3 Å². The van der Waals surface area contributed by atoms with Crippen molar-refractivity contribution in [2.24, 2.45) is 5.73 Å². The van der Waals surface area contributed by atoms with Crippen LogP contribution in [0.3, 0.4) is 0 Å². The van der Waals surface area contributed by atoms with Crippen LogP contribution in [0.25, 0.3) is 5.95 Å². The van der Waals surface area contributed by atoms with E-state index in [0.29, 0.717) is 0 Å². The molecule has 1 unspecified atom stereocenters. The minimum atomic E-state index is -1.36. The molecule has 19 heavy (non-hydrogen) atoms. The molecule has 2 heterocycles. The first-order valence-corrected chi connectivity index (χ1v) is 5.42. The fourth-order valence-corrected chi connectivity index (χ4v) is 1.28. The van der Waals surface area contributed by atoms with Crippen LogP contribution < -0.4 is 11.1 Å². The first kappa shape index (κ1) is 13.1. The number of nitrogens with one attached hydrogen (secondary N) is 1. The van der Waals surface area contributed by atoms with Gasteiger partial charge in [0, 0.05) is 0 Å². The number of primary amides is 1. The highest BCUT2D eigenvalue weighted by molar-refractivity contribution is 6.28. The Balaban J connectivity index is 2.16. The third-order valence-corrected chi connectivity index (χ3v) is 2.17. The van der Waals surface area contributed by atoms with Crippen molar-refractivity contribution in [3.63, 3.8) is 0 Å². The second-order valence-electron chi connectivity index (χ2n) is 3.37. The lowest BCUT2D eigenvalue weighted by molar-refractivity contribution is -0.125. The van der Waals surface area contributed by atoms with Gasteiger partial charge >= 0.3 is 0 Å². The molecule has 1 atom stereocenters. The molecule has 11 heteroatoms. The van der Waals surface area contributed by atoms with E-state index in [2.05, 4.69) is 30.4 Å². The zero-order chi connectivity index (χ0) is 13.8. The molecule has 0 fully saturated rings. The maximum absolute atomic E-state index is 10.7. The molecule has 4 N–H and O–H groups in total. The number of aliphatic hydroxyl groups is 1. The maximum atomic E-state index is 10.7. The molecule has 0 aliphatic rings. The number of aromatic nitrogens is 6. The van der Waals surface area contributed by atoms with Gasteiger partial charge in [0.05, 0.1) is 6.54 Å². The van der Waals surface area contributed by atoms with Crippen molar-refractivity contribution >= 4 is 23.5 Å². The predicted octanol–water partition coefficient (Wildman–Crippen LogP) is -1.64. The summed E-state index contributed by atoms with van der Waals surface area (Å²) in [5, 5.41) is 15.6. The Morgan fingerprint density at radius 1 is 1.53 bits per heavy atom. The van der Waals surface area contributed by atoms with Crippen LogP contribution in [0.15, 0.2) is 12.7 Å². The summed E-state index contributed by atoms with van der Waals surface area (Å²) < 4.78 is 1.28. The minimum Gasteiger partial charge on any atom is -0.381 e. The summed E-state index contributed by atoms with van der Waals surface area (Å²) in [6.45, 7) is -0.146. The SMILES string of the molecule is NC(=O)C(O)CNc1nc(Cl)nc(-n2cncn2)n1. The number of halogens is 1. The molecule has 0 aromatic carbocycles. The highest BCUT2D eigenvalue weighted by Crippen LogP contribution is 2.08. The summed E-state index contributed by atoms with van der Waals surface area (Å²) in [4.78, 5) is 26.0. The van der Waals surface area contributed by atoms with Crippen LogP contribution in [0.5, 0.6) is 0 Å². The van der Waals surface area contributed by atoms with E-state index in [-0.39, 0.29) is 23.7 Å². The Bertz CT molecular complexity index is 574. The first-order chi connectivity index (χ1) is 9.06. The van der Waals surface area contributed by atoms with Gasteiger partial charge in [-0.25, -0.2) is 4.98 Å². The van der Waals surface area contributed by atoms with Gasteiger partial charge in [0.15, 0.2) is 0 Å². The largest absolute Gasteiger partial charge is 0.381 e. The number of anilines is 1. The van der Waals surface area contributed by atoms with Crippen molar-refractivity contribution in [1.29, 1.82) is 0 Å². The van der Waals surface area contributed by atoms with Gasteiger partial charge in [0.25, 0.3) is 5.95 Å². The molecule has 0 aliphatic carbocycles. The molecule has 2 aromatic rings. The summed E-state index contributed by atoms with van der Waals surface area (Å²) in [7, 11) is 0. The third-order valence-electron chi connectivity index (χ3n) is 2.00. The Kier molecular flexibility index (Phi) is 3.82. The quantitative estimate of drug-likeness (QED) is 0.593. The van der Waals surface area contributed by atoms with Crippen LogP contribution in [0, 0.1) is 0 Å². The van der Waals surface area contributed by atoms with Crippen molar-refractivity contribution in [3.8, 4) is 5.95 Å². The topological polar surface area (TPSA) is 145 Å². The van der Waals surface area contributed by atoms with Crippen molar-refractivity contribution in [2.45, 2.75) is 6.10 Å². The van der Waals surface area contributed by atoms with E-state index >= 15 is 0 Å². The average Bonchev–Trinajstić information content (AvgIpc) is 2.89. The molecule has 2 rings (SSSR count). The van der Waals surface area contributed by atoms with Gasteiger partial charge in [0.1, 0.15) is 18.8 Å². The van der Waals surface area contributed by atoms with E-state index < -0.39 is 12.0 Å². The molecular weight excluding hydrogens is 276 g/mol. The summed E-state index contributed by atoms with van der Waals surface area (Å²) >= 11 is 5.73. The van der Waals surface area contributed by atoms with Gasteiger partial charge in [-0.2, -0.15) is 24.7 Å². The number of aliphatic hydroxyl groups excluding tert-OH is 1. The molecule has 0 saturated heterocycles. The van der Waals surface area contributed by atoms with Crippen molar-refractivity contribution < 1.29 is 9.90 Å². The van der Waals surface area contributed by atoms with E-state index in [1.54, 1.807) is 0 Å². The van der Waals surface area contributed by atoms with E-state index in [1.165, 1.54) is 17.3 Å². The van der Waals surface area contributed by atoms with Crippen LogP contribution in [0.4, 0.5) is 5.95 Å². The number of hydrogen-bond donors (Lipinski definition) is 3. The number of hydrogen-bond acceptors (Lipinski definition) is 8. The van der Waals surface area contributed by atoms with Gasteiger partial charge in [-0.1, -0.05) is 0 Å².